The quantitative estimate of drug-likeness (QED) is 0.758. The smallest absolute Gasteiger partial charge is 0.331 e. The van der Waals surface area contributed by atoms with Crippen molar-refractivity contribution < 1.29 is 4.79 Å². The van der Waals surface area contributed by atoms with E-state index in [2.05, 4.69) is 5.32 Å². The minimum atomic E-state index is -0.455. The maximum atomic E-state index is 12.5. The predicted octanol–water partition coefficient (Wildman–Crippen LogP) is 1.87. The van der Waals surface area contributed by atoms with Crippen LogP contribution in [0, 0.1) is 6.92 Å². The zero-order valence-corrected chi connectivity index (χ0v) is 14.9. The number of aryl methyl sites for hydroxylation is 1. The summed E-state index contributed by atoms with van der Waals surface area (Å²) in [6, 6.07) is 9.58. The normalized spacial score (nSPS) is 11.0. The molecule has 6 nitrogen and oxygen atoms in total. The second-order valence-electron chi connectivity index (χ2n) is 5.82. The fraction of sp³-hybridized carbons (Fsp3) is 0.278. The molecule has 7 heteroatoms. The zero-order valence-electron chi connectivity index (χ0n) is 14.1. The van der Waals surface area contributed by atoms with Gasteiger partial charge in [-0.3, -0.25) is 18.7 Å². The van der Waals surface area contributed by atoms with Crippen LogP contribution in [0.5, 0.6) is 0 Å². The van der Waals surface area contributed by atoms with Crippen molar-refractivity contribution in [3.05, 3.63) is 67.7 Å². The largest absolute Gasteiger partial charge is 0.350 e. The van der Waals surface area contributed by atoms with Crippen LogP contribution in [-0.2, 0) is 24.4 Å². The van der Waals surface area contributed by atoms with Gasteiger partial charge in [-0.05, 0) is 30.9 Å². The van der Waals surface area contributed by atoms with Gasteiger partial charge in [0.2, 0.25) is 5.91 Å². The lowest BCUT2D eigenvalue weighted by Gasteiger charge is -2.11. The highest BCUT2D eigenvalue weighted by molar-refractivity contribution is 7.17. The van der Waals surface area contributed by atoms with Crippen LogP contribution < -0.4 is 16.6 Å². The Morgan fingerprint density at radius 2 is 1.84 bits per heavy atom. The molecule has 2 heterocycles. The van der Waals surface area contributed by atoms with E-state index < -0.39 is 5.69 Å². The molecular formula is C18H19N3O3S. The van der Waals surface area contributed by atoms with E-state index >= 15 is 0 Å². The van der Waals surface area contributed by atoms with Crippen molar-refractivity contribution in [3.63, 3.8) is 0 Å². The molecule has 0 unspecified atom stereocenters. The van der Waals surface area contributed by atoms with Crippen LogP contribution in [0.3, 0.4) is 0 Å². The average Bonchev–Trinajstić information content (AvgIpc) is 3.08. The molecule has 0 radical (unpaired) electrons. The van der Waals surface area contributed by atoms with E-state index in [0.29, 0.717) is 16.8 Å². The summed E-state index contributed by atoms with van der Waals surface area (Å²) in [6.07, 6.45) is 0. The number of hydrogen-bond donors (Lipinski definition) is 1. The van der Waals surface area contributed by atoms with Gasteiger partial charge < -0.3 is 5.32 Å². The van der Waals surface area contributed by atoms with E-state index in [0.717, 1.165) is 15.7 Å². The van der Waals surface area contributed by atoms with E-state index in [9.17, 15) is 14.4 Å². The van der Waals surface area contributed by atoms with Gasteiger partial charge >= 0.3 is 5.69 Å². The first kappa shape index (κ1) is 17.2. The third-order valence-electron chi connectivity index (χ3n) is 4.06. The monoisotopic (exact) mass is 357 g/mol. The van der Waals surface area contributed by atoms with Gasteiger partial charge in [0.15, 0.2) is 0 Å². The molecule has 1 aromatic carbocycles. The Kier molecular flexibility index (Phi) is 4.85. The molecule has 0 bridgehead atoms. The Bertz CT molecular complexity index is 1030. The number of fused-ring (bicyclic) bond motifs is 1. The highest BCUT2D eigenvalue weighted by atomic mass is 32.1. The maximum Gasteiger partial charge on any atom is 0.331 e. The van der Waals surface area contributed by atoms with Gasteiger partial charge in [-0.25, -0.2) is 4.79 Å². The van der Waals surface area contributed by atoms with E-state index in [1.165, 1.54) is 15.9 Å². The molecule has 0 aliphatic rings. The minimum Gasteiger partial charge on any atom is -0.350 e. The molecule has 0 atom stereocenters. The summed E-state index contributed by atoms with van der Waals surface area (Å²) in [5.74, 6) is -0.267. The number of amides is 1. The maximum absolute atomic E-state index is 12.5. The van der Waals surface area contributed by atoms with Crippen molar-refractivity contribution in [1.29, 1.82) is 0 Å². The molecule has 25 heavy (non-hydrogen) atoms. The molecule has 0 spiro atoms. The summed E-state index contributed by atoms with van der Waals surface area (Å²) in [5, 5.41) is 4.58. The van der Waals surface area contributed by atoms with Crippen LogP contribution in [0.2, 0.25) is 0 Å². The molecule has 1 amide bonds. The topological polar surface area (TPSA) is 73.1 Å². The molecule has 2 aromatic heterocycles. The summed E-state index contributed by atoms with van der Waals surface area (Å²) >= 11 is 1.28. The number of thiophene rings is 1. The highest BCUT2D eigenvalue weighted by Gasteiger charge is 2.15. The zero-order chi connectivity index (χ0) is 18.0. The van der Waals surface area contributed by atoms with Crippen molar-refractivity contribution in [2.24, 2.45) is 0 Å². The van der Waals surface area contributed by atoms with Gasteiger partial charge in [0.25, 0.3) is 5.56 Å². The lowest BCUT2D eigenvalue weighted by atomic mass is 10.1. The number of rotatable bonds is 5. The third kappa shape index (κ3) is 3.41. The van der Waals surface area contributed by atoms with E-state index in [4.69, 9.17) is 0 Å². The van der Waals surface area contributed by atoms with Crippen molar-refractivity contribution >= 4 is 27.5 Å². The molecular weight excluding hydrogens is 338 g/mol. The van der Waals surface area contributed by atoms with Gasteiger partial charge in [0.1, 0.15) is 11.2 Å². The molecule has 3 aromatic rings. The summed E-state index contributed by atoms with van der Waals surface area (Å²) in [6.45, 7) is 4.30. The molecule has 0 aliphatic carbocycles. The Morgan fingerprint density at radius 3 is 2.52 bits per heavy atom. The summed E-state index contributed by atoms with van der Waals surface area (Å²) in [4.78, 5) is 37.1. The van der Waals surface area contributed by atoms with Crippen molar-refractivity contribution in [3.8, 4) is 0 Å². The Morgan fingerprint density at radius 1 is 1.12 bits per heavy atom. The van der Waals surface area contributed by atoms with Crippen molar-refractivity contribution in [1.82, 2.24) is 14.5 Å². The van der Waals surface area contributed by atoms with Gasteiger partial charge in [-0.15, -0.1) is 11.3 Å². The first-order valence-corrected chi connectivity index (χ1v) is 8.92. The minimum absolute atomic E-state index is 0.113. The van der Waals surface area contributed by atoms with Crippen molar-refractivity contribution in [2.75, 3.05) is 0 Å². The molecule has 0 aliphatic heterocycles. The van der Waals surface area contributed by atoms with Crippen LogP contribution in [0.15, 0.2) is 45.3 Å². The first-order chi connectivity index (χ1) is 12.0. The summed E-state index contributed by atoms with van der Waals surface area (Å²) < 4.78 is 3.01. The fourth-order valence-corrected chi connectivity index (χ4v) is 3.51. The van der Waals surface area contributed by atoms with E-state index in [-0.39, 0.29) is 24.6 Å². The van der Waals surface area contributed by atoms with Crippen molar-refractivity contribution in [2.45, 2.75) is 33.5 Å². The number of benzene rings is 1. The highest BCUT2D eigenvalue weighted by Crippen LogP contribution is 2.15. The van der Waals surface area contributed by atoms with Crippen LogP contribution in [0.1, 0.15) is 18.1 Å². The van der Waals surface area contributed by atoms with Gasteiger partial charge in [0, 0.05) is 13.1 Å². The number of hydrogen-bond acceptors (Lipinski definition) is 4. The molecule has 0 saturated carbocycles. The van der Waals surface area contributed by atoms with Crippen LogP contribution >= 0.6 is 11.3 Å². The average molecular weight is 357 g/mol. The molecule has 0 fully saturated rings. The number of nitrogens with zero attached hydrogens (tertiary/aromatic N) is 2. The Labute approximate surface area is 148 Å². The van der Waals surface area contributed by atoms with Crippen LogP contribution in [0.25, 0.3) is 10.2 Å². The third-order valence-corrected chi connectivity index (χ3v) is 4.96. The standard InChI is InChI=1S/C18H19N3O3S/c1-3-20-17(23)16-14(8-9-25-16)21(18(20)24)11-15(22)19-10-13-6-4-12(2)5-7-13/h4-9H,3,10-11H2,1-2H3,(H,19,22). The van der Waals surface area contributed by atoms with Crippen LogP contribution in [-0.4, -0.2) is 15.0 Å². The van der Waals surface area contributed by atoms with Gasteiger partial charge in [-0.1, -0.05) is 29.8 Å². The van der Waals surface area contributed by atoms with E-state index in [1.54, 1.807) is 18.4 Å². The SMILES string of the molecule is CCn1c(=O)c2sccc2n(CC(=O)NCc2ccc(C)cc2)c1=O. The predicted molar refractivity (Wildman–Crippen MR) is 99.0 cm³/mol. The second kappa shape index (κ2) is 7.06. The summed E-state index contributed by atoms with van der Waals surface area (Å²) in [5.41, 5.74) is 1.90. The summed E-state index contributed by atoms with van der Waals surface area (Å²) in [7, 11) is 0. The molecule has 0 saturated heterocycles. The van der Waals surface area contributed by atoms with Gasteiger partial charge in [0.05, 0.1) is 5.52 Å². The number of aromatic nitrogens is 2. The first-order valence-electron chi connectivity index (χ1n) is 8.04. The van der Waals surface area contributed by atoms with E-state index in [1.807, 2.05) is 31.2 Å². The van der Waals surface area contributed by atoms with Gasteiger partial charge in [-0.2, -0.15) is 0 Å². The number of carbonyl (C=O) groups is 1. The lowest BCUT2D eigenvalue weighted by Crippen LogP contribution is -2.41. The Balaban J connectivity index is 1.84. The number of nitrogens with one attached hydrogen (secondary N) is 1. The molecule has 3 rings (SSSR count). The number of carbonyl (C=O) groups excluding carboxylic acids is 1. The molecule has 1 N–H and O–H groups in total. The Hall–Kier alpha value is -2.67. The lowest BCUT2D eigenvalue weighted by molar-refractivity contribution is -0.121. The van der Waals surface area contributed by atoms with Crippen LogP contribution in [0.4, 0.5) is 0 Å². The second-order valence-corrected chi connectivity index (χ2v) is 6.73. The fourth-order valence-electron chi connectivity index (χ4n) is 2.67. The molecule has 130 valence electrons.